The highest BCUT2D eigenvalue weighted by molar-refractivity contribution is 6.02. The highest BCUT2D eigenvalue weighted by atomic mass is 16.5. The second-order valence-corrected chi connectivity index (χ2v) is 6.65. The Kier molecular flexibility index (Phi) is 6.37. The van der Waals surface area contributed by atoms with E-state index in [0.717, 1.165) is 27.6 Å². The molecule has 0 aliphatic carbocycles. The molecule has 0 fully saturated rings. The second kappa shape index (κ2) is 9.13. The zero-order valence-corrected chi connectivity index (χ0v) is 16.7. The fourth-order valence-electron chi connectivity index (χ4n) is 3.00. The van der Waals surface area contributed by atoms with Gasteiger partial charge in [-0.3, -0.25) is 0 Å². The summed E-state index contributed by atoms with van der Waals surface area (Å²) in [6.07, 6.45) is 1.91. The maximum atomic E-state index is 5.98. The lowest BCUT2D eigenvalue weighted by Gasteiger charge is -2.14. The minimum Gasteiger partial charge on any atom is -0.493 e. The fraction of sp³-hybridized carbons (Fsp3) is 0.261. The van der Waals surface area contributed by atoms with E-state index in [1.165, 1.54) is 0 Å². The van der Waals surface area contributed by atoms with Gasteiger partial charge < -0.3 is 19.6 Å². The SMILES string of the molecule is COc1ccc(CN/N=C/c2c(OC(C)C)ccc3ccccc23)cc1OC. The van der Waals surface area contributed by atoms with Crippen LogP contribution in [0.15, 0.2) is 59.7 Å². The van der Waals surface area contributed by atoms with Crippen molar-refractivity contribution in [1.82, 2.24) is 5.43 Å². The Morgan fingerprint density at radius 3 is 2.43 bits per heavy atom. The number of nitrogens with zero attached hydrogens (tertiary/aromatic N) is 1. The van der Waals surface area contributed by atoms with Crippen molar-refractivity contribution in [3.63, 3.8) is 0 Å². The molecule has 1 N–H and O–H groups in total. The van der Waals surface area contributed by atoms with Gasteiger partial charge >= 0.3 is 0 Å². The lowest BCUT2D eigenvalue weighted by atomic mass is 10.0. The van der Waals surface area contributed by atoms with Gasteiger partial charge in [-0.2, -0.15) is 5.10 Å². The summed E-state index contributed by atoms with van der Waals surface area (Å²) in [6, 6.07) is 18.1. The van der Waals surface area contributed by atoms with Crippen LogP contribution in [0, 0.1) is 0 Å². The predicted molar refractivity (Wildman–Crippen MR) is 114 cm³/mol. The van der Waals surface area contributed by atoms with Gasteiger partial charge in [-0.05, 0) is 48.4 Å². The van der Waals surface area contributed by atoms with Crippen LogP contribution in [0.5, 0.6) is 17.2 Å². The standard InChI is InChI=1S/C23H26N2O3/c1-16(2)28-21-12-10-18-7-5-6-8-19(18)20(21)15-25-24-14-17-9-11-22(26-3)23(13-17)27-4/h5-13,15-16,24H,14H2,1-4H3/b25-15+. The van der Waals surface area contributed by atoms with Crippen molar-refractivity contribution in [2.24, 2.45) is 5.10 Å². The Morgan fingerprint density at radius 2 is 1.68 bits per heavy atom. The van der Waals surface area contributed by atoms with Crippen molar-refractivity contribution < 1.29 is 14.2 Å². The molecule has 0 amide bonds. The van der Waals surface area contributed by atoms with E-state index >= 15 is 0 Å². The van der Waals surface area contributed by atoms with E-state index in [2.05, 4.69) is 28.7 Å². The quantitative estimate of drug-likeness (QED) is 0.453. The number of rotatable bonds is 8. The van der Waals surface area contributed by atoms with E-state index in [9.17, 15) is 0 Å². The Labute approximate surface area is 165 Å². The van der Waals surface area contributed by atoms with Crippen molar-refractivity contribution in [3.05, 3.63) is 65.7 Å². The fourth-order valence-corrected chi connectivity index (χ4v) is 3.00. The van der Waals surface area contributed by atoms with Crippen LogP contribution < -0.4 is 19.6 Å². The molecule has 3 aromatic rings. The molecule has 5 heteroatoms. The molecule has 3 aromatic carbocycles. The number of ether oxygens (including phenoxy) is 3. The van der Waals surface area contributed by atoms with Crippen LogP contribution in [-0.4, -0.2) is 26.5 Å². The predicted octanol–water partition coefficient (Wildman–Crippen LogP) is 4.77. The summed E-state index contributed by atoms with van der Waals surface area (Å²) >= 11 is 0. The number of methoxy groups -OCH3 is 2. The topological polar surface area (TPSA) is 52.1 Å². The highest BCUT2D eigenvalue weighted by Gasteiger charge is 2.09. The molecule has 28 heavy (non-hydrogen) atoms. The van der Waals surface area contributed by atoms with Gasteiger partial charge in [-0.15, -0.1) is 0 Å². The third kappa shape index (κ3) is 4.55. The largest absolute Gasteiger partial charge is 0.493 e. The number of fused-ring (bicyclic) bond motifs is 1. The summed E-state index contributed by atoms with van der Waals surface area (Å²) in [6.45, 7) is 4.61. The van der Waals surface area contributed by atoms with E-state index < -0.39 is 0 Å². The first-order valence-electron chi connectivity index (χ1n) is 9.27. The van der Waals surface area contributed by atoms with Crippen molar-refractivity contribution >= 4 is 17.0 Å². The average molecular weight is 378 g/mol. The van der Waals surface area contributed by atoms with Crippen molar-refractivity contribution in [3.8, 4) is 17.2 Å². The van der Waals surface area contributed by atoms with Crippen LogP contribution >= 0.6 is 0 Å². The zero-order chi connectivity index (χ0) is 19.9. The van der Waals surface area contributed by atoms with E-state index in [4.69, 9.17) is 14.2 Å². The molecule has 0 saturated carbocycles. The monoisotopic (exact) mass is 378 g/mol. The molecule has 5 nitrogen and oxygen atoms in total. The van der Waals surface area contributed by atoms with E-state index in [0.29, 0.717) is 18.0 Å². The number of benzene rings is 3. The van der Waals surface area contributed by atoms with Crippen molar-refractivity contribution in [2.75, 3.05) is 14.2 Å². The molecule has 0 spiro atoms. The van der Waals surface area contributed by atoms with Crippen molar-refractivity contribution in [1.29, 1.82) is 0 Å². The van der Waals surface area contributed by atoms with Crippen LogP contribution in [-0.2, 0) is 6.54 Å². The number of nitrogens with one attached hydrogen (secondary N) is 1. The Bertz CT molecular complexity index is 967. The van der Waals surface area contributed by atoms with Gasteiger partial charge in [0.2, 0.25) is 0 Å². The van der Waals surface area contributed by atoms with Gasteiger partial charge in [0, 0.05) is 5.56 Å². The Hall–Kier alpha value is -3.21. The molecule has 0 radical (unpaired) electrons. The first-order chi connectivity index (χ1) is 13.6. The second-order valence-electron chi connectivity index (χ2n) is 6.65. The summed E-state index contributed by atoms with van der Waals surface area (Å²) in [5.41, 5.74) is 5.11. The highest BCUT2D eigenvalue weighted by Crippen LogP contribution is 2.28. The Morgan fingerprint density at radius 1 is 0.929 bits per heavy atom. The lowest BCUT2D eigenvalue weighted by molar-refractivity contribution is 0.242. The van der Waals surface area contributed by atoms with Gasteiger partial charge in [0.1, 0.15) is 5.75 Å². The third-order valence-electron chi connectivity index (χ3n) is 4.31. The average Bonchev–Trinajstić information content (AvgIpc) is 2.71. The smallest absolute Gasteiger partial charge is 0.161 e. The third-order valence-corrected chi connectivity index (χ3v) is 4.31. The zero-order valence-electron chi connectivity index (χ0n) is 16.7. The van der Waals surface area contributed by atoms with Gasteiger partial charge in [-0.1, -0.05) is 36.4 Å². The minimum absolute atomic E-state index is 0.0908. The molecular formula is C23H26N2O3. The molecule has 0 saturated heterocycles. The molecule has 146 valence electrons. The molecule has 0 aromatic heterocycles. The lowest BCUT2D eigenvalue weighted by Crippen LogP contribution is -2.09. The first-order valence-corrected chi connectivity index (χ1v) is 9.27. The molecule has 3 rings (SSSR count). The summed E-state index contributed by atoms with van der Waals surface area (Å²) in [5.74, 6) is 2.24. The molecule has 0 aliphatic heterocycles. The van der Waals surface area contributed by atoms with Crippen molar-refractivity contribution in [2.45, 2.75) is 26.5 Å². The first kappa shape index (κ1) is 19.5. The number of hydrogen-bond acceptors (Lipinski definition) is 5. The van der Waals surface area contributed by atoms with Crippen LogP contribution in [0.2, 0.25) is 0 Å². The molecule has 0 atom stereocenters. The number of hydrogen-bond donors (Lipinski definition) is 1. The van der Waals surface area contributed by atoms with Crippen LogP contribution in [0.1, 0.15) is 25.0 Å². The summed E-state index contributed by atoms with van der Waals surface area (Å²) in [7, 11) is 3.26. The van der Waals surface area contributed by atoms with Gasteiger partial charge in [0.25, 0.3) is 0 Å². The maximum Gasteiger partial charge on any atom is 0.161 e. The maximum absolute atomic E-state index is 5.98. The van der Waals surface area contributed by atoms with Crippen LogP contribution in [0.3, 0.4) is 0 Å². The Balaban J connectivity index is 1.79. The molecule has 0 unspecified atom stereocenters. The van der Waals surface area contributed by atoms with E-state index in [1.807, 2.05) is 56.5 Å². The number of hydrazone groups is 1. The van der Waals surface area contributed by atoms with Crippen LogP contribution in [0.25, 0.3) is 10.8 Å². The molecule has 0 heterocycles. The molecule has 0 aliphatic rings. The van der Waals surface area contributed by atoms with E-state index in [1.54, 1.807) is 14.2 Å². The minimum atomic E-state index is 0.0908. The summed E-state index contributed by atoms with van der Waals surface area (Å²) in [5, 5.41) is 6.69. The summed E-state index contributed by atoms with van der Waals surface area (Å²) in [4.78, 5) is 0. The molecular weight excluding hydrogens is 352 g/mol. The van der Waals surface area contributed by atoms with Gasteiger partial charge in [0.15, 0.2) is 11.5 Å². The normalized spacial score (nSPS) is 11.2. The molecule has 0 bridgehead atoms. The van der Waals surface area contributed by atoms with Gasteiger partial charge in [0.05, 0.1) is 33.1 Å². The summed E-state index contributed by atoms with van der Waals surface area (Å²) < 4.78 is 16.6. The van der Waals surface area contributed by atoms with E-state index in [-0.39, 0.29) is 6.10 Å². The van der Waals surface area contributed by atoms with Crippen LogP contribution in [0.4, 0.5) is 0 Å². The van der Waals surface area contributed by atoms with Gasteiger partial charge in [-0.25, -0.2) is 0 Å².